The van der Waals surface area contributed by atoms with Crippen molar-refractivity contribution in [1.82, 2.24) is 0 Å². The van der Waals surface area contributed by atoms with Crippen LogP contribution in [0.4, 0.5) is 10.1 Å². The van der Waals surface area contributed by atoms with Crippen LogP contribution in [0.1, 0.15) is 18.1 Å². The van der Waals surface area contributed by atoms with Gasteiger partial charge in [-0.05, 0) is 18.6 Å². The first kappa shape index (κ1) is 15.6. The lowest BCUT2D eigenvalue weighted by Gasteiger charge is -2.44. The van der Waals surface area contributed by atoms with Gasteiger partial charge >= 0.3 is 0 Å². The molecule has 1 aliphatic heterocycles. The third-order valence-electron chi connectivity index (χ3n) is 4.30. The Kier molecular flexibility index (Phi) is 3.92. The minimum atomic E-state index is -1.74. The monoisotopic (exact) mass is 315 g/mol. The first-order valence-electron chi connectivity index (χ1n) is 7.46. The molecule has 0 fully saturated rings. The van der Waals surface area contributed by atoms with E-state index < -0.39 is 23.4 Å². The van der Waals surface area contributed by atoms with Gasteiger partial charge in [0.2, 0.25) is 0 Å². The predicted molar refractivity (Wildman–Crippen MR) is 84.7 cm³/mol. The topological polar surface area (TPSA) is 49.8 Å². The summed E-state index contributed by atoms with van der Waals surface area (Å²) in [5.74, 6) is -0.999. The number of rotatable bonds is 3. The molecule has 0 saturated heterocycles. The summed E-state index contributed by atoms with van der Waals surface area (Å²) in [5.41, 5.74) is -0.810. The first-order chi connectivity index (χ1) is 11.1. The smallest absolute Gasteiger partial charge is 0.259 e. The zero-order valence-corrected chi connectivity index (χ0v) is 13.0. The Labute approximate surface area is 134 Å². The largest absolute Gasteiger partial charge is 0.377 e. The van der Waals surface area contributed by atoms with Crippen molar-refractivity contribution in [3.8, 4) is 0 Å². The van der Waals surface area contributed by atoms with E-state index in [0.717, 1.165) is 0 Å². The summed E-state index contributed by atoms with van der Waals surface area (Å²) in [6.45, 7) is 2.05. The van der Waals surface area contributed by atoms with Crippen LogP contribution < -0.4 is 4.90 Å². The summed E-state index contributed by atoms with van der Waals surface area (Å²) in [6.07, 6.45) is -1.14. The van der Waals surface area contributed by atoms with Crippen molar-refractivity contribution < 1.29 is 19.0 Å². The van der Waals surface area contributed by atoms with Crippen LogP contribution in [0.25, 0.3) is 0 Å². The summed E-state index contributed by atoms with van der Waals surface area (Å²) in [5, 5.41) is 11.4. The van der Waals surface area contributed by atoms with Crippen LogP contribution in [0.3, 0.4) is 0 Å². The number of methoxy groups -OCH3 is 1. The van der Waals surface area contributed by atoms with Gasteiger partial charge in [0.1, 0.15) is 5.82 Å². The fraction of sp³-hybridized carbons (Fsp3) is 0.278. The van der Waals surface area contributed by atoms with Crippen LogP contribution in [0.5, 0.6) is 0 Å². The number of anilines is 1. The van der Waals surface area contributed by atoms with Crippen molar-refractivity contribution in [3.05, 3.63) is 65.5 Å². The highest BCUT2D eigenvalue weighted by atomic mass is 19.1. The molecule has 2 aromatic carbocycles. The SMILES string of the molecule is CCN1C(=O)C(OC)C(O)(c2ccccc2)c2cccc(F)c21. The summed E-state index contributed by atoms with van der Waals surface area (Å²) < 4.78 is 19.8. The number of carbonyl (C=O) groups excluding carboxylic acids is 1. The number of carbonyl (C=O) groups is 1. The predicted octanol–water partition coefficient (Wildman–Crippen LogP) is 2.44. The number of likely N-dealkylation sites (N-methyl/N-ethyl adjacent to an activating group) is 1. The average Bonchev–Trinajstić information content (AvgIpc) is 2.57. The molecule has 5 heteroatoms. The molecule has 1 heterocycles. The molecule has 2 unspecified atom stereocenters. The van der Waals surface area contributed by atoms with Gasteiger partial charge in [-0.3, -0.25) is 4.79 Å². The van der Waals surface area contributed by atoms with E-state index in [4.69, 9.17) is 4.74 Å². The molecular formula is C18H18FNO3. The quantitative estimate of drug-likeness (QED) is 0.946. The maximum atomic E-state index is 14.4. The minimum absolute atomic E-state index is 0.111. The van der Waals surface area contributed by atoms with Crippen LogP contribution in [0.15, 0.2) is 48.5 Å². The van der Waals surface area contributed by atoms with Gasteiger partial charge in [0.15, 0.2) is 11.7 Å². The summed E-state index contributed by atoms with van der Waals surface area (Å²) in [7, 11) is 1.37. The Hall–Kier alpha value is -2.24. The van der Waals surface area contributed by atoms with E-state index in [2.05, 4.69) is 0 Å². The average molecular weight is 315 g/mol. The van der Waals surface area contributed by atoms with Gasteiger partial charge in [0.25, 0.3) is 5.91 Å². The second-order valence-electron chi connectivity index (χ2n) is 5.47. The molecule has 0 aliphatic carbocycles. The third kappa shape index (κ3) is 2.16. The molecule has 0 bridgehead atoms. The normalized spacial score (nSPS) is 23.7. The van der Waals surface area contributed by atoms with E-state index in [1.54, 1.807) is 37.3 Å². The maximum Gasteiger partial charge on any atom is 0.259 e. The van der Waals surface area contributed by atoms with Crippen LogP contribution in [-0.2, 0) is 15.1 Å². The van der Waals surface area contributed by atoms with Gasteiger partial charge in [0.05, 0.1) is 5.69 Å². The molecule has 0 aromatic heterocycles. The lowest BCUT2D eigenvalue weighted by Crippen LogP contribution is -2.57. The molecule has 2 aromatic rings. The highest BCUT2D eigenvalue weighted by Crippen LogP contribution is 2.45. The van der Waals surface area contributed by atoms with Gasteiger partial charge < -0.3 is 14.7 Å². The van der Waals surface area contributed by atoms with E-state index >= 15 is 0 Å². The number of fused-ring (bicyclic) bond motifs is 1. The van der Waals surface area contributed by atoms with E-state index in [0.29, 0.717) is 11.1 Å². The zero-order valence-electron chi connectivity index (χ0n) is 13.0. The second kappa shape index (κ2) is 5.76. The fourth-order valence-electron chi connectivity index (χ4n) is 3.25. The molecule has 120 valence electrons. The minimum Gasteiger partial charge on any atom is -0.377 e. The molecule has 0 spiro atoms. The first-order valence-corrected chi connectivity index (χ1v) is 7.46. The molecule has 0 radical (unpaired) electrons. The van der Waals surface area contributed by atoms with Crippen molar-refractivity contribution in [2.75, 3.05) is 18.6 Å². The lowest BCUT2D eigenvalue weighted by atomic mass is 9.77. The Morgan fingerprint density at radius 3 is 2.52 bits per heavy atom. The third-order valence-corrected chi connectivity index (χ3v) is 4.30. The number of ether oxygens (including phenoxy) is 1. The lowest BCUT2D eigenvalue weighted by molar-refractivity contribution is -0.145. The van der Waals surface area contributed by atoms with Crippen LogP contribution >= 0.6 is 0 Å². The number of hydrogen-bond donors (Lipinski definition) is 1. The van der Waals surface area contributed by atoms with Crippen molar-refractivity contribution in [3.63, 3.8) is 0 Å². The molecule has 3 rings (SSSR count). The number of aliphatic hydroxyl groups is 1. The molecule has 1 aliphatic rings. The van der Waals surface area contributed by atoms with Crippen LogP contribution in [0, 0.1) is 5.82 Å². The standard InChI is InChI=1S/C18H18FNO3/c1-3-20-15-13(10-7-11-14(15)19)18(22,16(23-2)17(20)21)12-8-5-4-6-9-12/h4-11,16,22H,3H2,1-2H3. The Morgan fingerprint density at radius 2 is 1.91 bits per heavy atom. The highest BCUT2D eigenvalue weighted by Gasteiger charge is 2.52. The second-order valence-corrected chi connectivity index (χ2v) is 5.47. The highest BCUT2D eigenvalue weighted by molar-refractivity contribution is 6.01. The van der Waals surface area contributed by atoms with Crippen molar-refractivity contribution in [2.45, 2.75) is 18.6 Å². The van der Waals surface area contributed by atoms with E-state index in [9.17, 15) is 14.3 Å². The number of hydrogen-bond acceptors (Lipinski definition) is 3. The zero-order chi connectivity index (χ0) is 16.6. The molecule has 2 atom stereocenters. The number of amides is 1. The molecule has 1 N–H and O–H groups in total. The Morgan fingerprint density at radius 1 is 1.22 bits per heavy atom. The van der Waals surface area contributed by atoms with E-state index in [-0.39, 0.29) is 12.2 Å². The molecular weight excluding hydrogens is 297 g/mol. The summed E-state index contributed by atoms with van der Waals surface area (Å²) >= 11 is 0. The van der Waals surface area contributed by atoms with Gasteiger partial charge in [0, 0.05) is 19.2 Å². The Bertz CT molecular complexity index is 734. The van der Waals surface area contributed by atoms with Gasteiger partial charge in [-0.1, -0.05) is 42.5 Å². The van der Waals surface area contributed by atoms with Gasteiger partial charge in [-0.25, -0.2) is 4.39 Å². The van der Waals surface area contributed by atoms with Crippen molar-refractivity contribution >= 4 is 11.6 Å². The number of nitrogens with zero attached hydrogens (tertiary/aromatic N) is 1. The molecule has 23 heavy (non-hydrogen) atoms. The van der Waals surface area contributed by atoms with Gasteiger partial charge in [-0.2, -0.15) is 0 Å². The number of halogens is 1. The van der Waals surface area contributed by atoms with E-state index in [1.807, 2.05) is 6.07 Å². The number of para-hydroxylation sites is 1. The summed E-state index contributed by atoms with van der Waals surface area (Å²) in [4.78, 5) is 14.1. The van der Waals surface area contributed by atoms with Crippen molar-refractivity contribution in [2.24, 2.45) is 0 Å². The number of benzene rings is 2. The Balaban J connectivity index is 2.34. The van der Waals surface area contributed by atoms with Crippen molar-refractivity contribution in [1.29, 1.82) is 0 Å². The van der Waals surface area contributed by atoms with Crippen LogP contribution in [-0.4, -0.2) is 30.8 Å². The molecule has 1 amide bonds. The van der Waals surface area contributed by atoms with E-state index in [1.165, 1.54) is 24.1 Å². The maximum absolute atomic E-state index is 14.4. The summed E-state index contributed by atoms with van der Waals surface area (Å²) in [6, 6.07) is 13.2. The fourth-order valence-corrected chi connectivity index (χ4v) is 3.25. The van der Waals surface area contributed by atoms with Crippen LogP contribution in [0.2, 0.25) is 0 Å². The molecule has 4 nitrogen and oxygen atoms in total. The van der Waals surface area contributed by atoms with Gasteiger partial charge in [-0.15, -0.1) is 0 Å². The molecule has 0 saturated carbocycles.